The van der Waals surface area contributed by atoms with Crippen molar-refractivity contribution in [3.63, 3.8) is 0 Å². The highest BCUT2D eigenvalue weighted by Gasteiger charge is 2.38. The van der Waals surface area contributed by atoms with Gasteiger partial charge in [0.25, 0.3) is 0 Å². The molecule has 2 heterocycles. The first-order valence-corrected chi connectivity index (χ1v) is 6.35. The quantitative estimate of drug-likeness (QED) is 0.747. The number of halogens is 1. The molecular formula is C11H12BrN3O4. The molecule has 102 valence electrons. The van der Waals surface area contributed by atoms with E-state index in [4.69, 9.17) is 5.11 Å². The minimum atomic E-state index is -1.13. The molecule has 1 fully saturated rings. The molecule has 8 heteroatoms. The van der Waals surface area contributed by atoms with E-state index in [1.54, 1.807) is 12.3 Å². The number of nitrogens with zero attached hydrogens (tertiary/aromatic N) is 2. The maximum atomic E-state index is 12.0. The van der Waals surface area contributed by atoms with Crippen molar-refractivity contribution in [2.24, 2.45) is 0 Å². The molecule has 0 bridgehead atoms. The van der Waals surface area contributed by atoms with Crippen LogP contribution in [0.4, 0.5) is 10.5 Å². The Morgan fingerprint density at radius 2 is 2.21 bits per heavy atom. The van der Waals surface area contributed by atoms with E-state index in [0.717, 1.165) is 4.90 Å². The van der Waals surface area contributed by atoms with Gasteiger partial charge in [-0.15, -0.1) is 0 Å². The molecule has 1 aromatic heterocycles. The number of aliphatic carboxylic acids is 1. The molecule has 3 N–H and O–H groups in total. The molecule has 2 rings (SSSR count). The van der Waals surface area contributed by atoms with Gasteiger partial charge in [-0.1, -0.05) is 0 Å². The van der Waals surface area contributed by atoms with Crippen LogP contribution in [0.1, 0.15) is 6.42 Å². The third-order valence-corrected chi connectivity index (χ3v) is 3.21. The van der Waals surface area contributed by atoms with Gasteiger partial charge in [0.05, 0.1) is 18.0 Å². The number of carboxylic acids is 1. The average molecular weight is 330 g/mol. The second kappa shape index (κ2) is 5.54. The van der Waals surface area contributed by atoms with Crippen LogP contribution >= 0.6 is 15.9 Å². The lowest BCUT2D eigenvalue weighted by Gasteiger charge is -2.21. The molecule has 1 aliphatic rings. The summed E-state index contributed by atoms with van der Waals surface area (Å²) in [5.41, 5.74) is 0.449. The Kier molecular flexibility index (Phi) is 4.01. The summed E-state index contributed by atoms with van der Waals surface area (Å²) in [5.74, 6) is -1.13. The number of amides is 2. The summed E-state index contributed by atoms with van der Waals surface area (Å²) >= 11 is 3.22. The van der Waals surface area contributed by atoms with Gasteiger partial charge in [-0.25, -0.2) is 9.59 Å². The molecule has 1 aromatic rings. The lowest BCUT2D eigenvalue weighted by molar-refractivity contribution is -0.141. The highest BCUT2D eigenvalue weighted by Crippen LogP contribution is 2.20. The van der Waals surface area contributed by atoms with Crippen LogP contribution in [0.25, 0.3) is 0 Å². The van der Waals surface area contributed by atoms with Crippen LogP contribution in [-0.2, 0) is 4.79 Å². The third-order valence-electron chi connectivity index (χ3n) is 2.78. The predicted molar refractivity (Wildman–Crippen MR) is 69.7 cm³/mol. The number of aromatic nitrogens is 1. The van der Waals surface area contributed by atoms with Crippen molar-refractivity contribution in [3.8, 4) is 0 Å². The molecule has 0 radical (unpaired) electrons. The Balaban J connectivity index is 2.09. The summed E-state index contributed by atoms with van der Waals surface area (Å²) in [4.78, 5) is 28.0. The lowest BCUT2D eigenvalue weighted by Crippen LogP contribution is -2.43. The molecule has 0 saturated carbocycles. The SMILES string of the molecule is O=C(O)[C@@H]1CC(O)CN1C(=O)Nc1cncc(Br)c1. The Hall–Kier alpha value is -1.67. The van der Waals surface area contributed by atoms with Gasteiger partial charge < -0.3 is 20.4 Å². The molecule has 0 aliphatic carbocycles. The van der Waals surface area contributed by atoms with Gasteiger partial charge in [0.15, 0.2) is 0 Å². The standard InChI is InChI=1S/C11H12BrN3O4/c12-6-1-7(4-13-3-6)14-11(19)15-5-8(16)2-9(15)10(17)18/h1,3-4,8-9,16H,2,5H2,(H,14,19)(H,17,18)/t8?,9-/m0/s1. The number of likely N-dealkylation sites (tertiary alicyclic amines) is 1. The Bertz CT molecular complexity index is 510. The molecular weight excluding hydrogens is 318 g/mol. The van der Waals surface area contributed by atoms with Crippen LogP contribution in [-0.4, -0.2) is 50.8 Å². The molecule has 7 nitrogen and oxygen atoms in total. The van der Waals surface area contributed by atoms with Crippen LogP contribution < -0.4 is 5.32 Å². The molecule has 1 saturated heterocycles. The third kappa shape index (κ3) is 3.21. The van der Waals surface area contributed by atoms with Gasteiger partial charge in [0.1, 0.15) is 6.04 Å². The number of β-amino-alcohol motifs (C(OH)–C–C–N with tert-alkyl or cyclic N) is 1. The number of aliphatic hydroxyl groups excluding tert-OH is 1. The van der Waals surface area contributed by atoms with E-state index < -0.39 is 24.1 Å². The summed E-state index contributed by atoms with van der Waals surface area (Å²) in [5, 5.41) is 21.0. The van der Waals surface area contributed by atoms with Gasteiger partial charge in [-0.3, -0.25) is 4.98 Å². The highest BCUT2D eigenvalue weighted by molar-refractivity contribution is 9.10. The van der Waals surface area contributed by atoms with Crippen LogP contribution in [0.15, 0.2) is 22.9 Å². The number of carboxylic acid groups (broad SMARTS) is 1. The first kappa shape index (κ1) is 13.8. The summed E-state index contributed by atoms with van der Waals surface area (Å²) in [6.07, 6.45) is 2.24. The first-order chi connectivity index (χ1) is 8.97. The fraction of sp³-hybridized carbons (Fsp3) is 0.364. The van der Waals surface area contributed by atoms with E-state index in [1.807, 2.05) is 0 Å². The largest absolute Gasteiger partial charge is 0.480 e. The van der Waals surface area contributed by atoms with Gasteiger partial charge in [0.2, 0.25) is 0 Å². The zero-order valence-electron chi connectivity index (χ0n) is 9.78. The smallest absolute Gasteiger partial charge is 0.326 e. The summed E-state index contributed by atoms with van der Waals surface area (Å²) in [7, 11) is 0. The Morgan fingerprint density at radius 3 is 2.84 bits per heavy atom. The molecule has 0 aromatic carbocycles. The fourth-order valence-electron chi connectivity index (χ4n) is 1.95. The summed E-state index contributed by atoms with van der Waals surface area (Å²) in [6, 6.07) is 0.0756. The van der Waals surface area contributed by atoms with E-state index in [9.17, 15) is 14.7 Å². The van der Waals surface area contributed by atoms with Gasteiger partial charge >= 0.3 is 12.0 Å². The lowest BCUT2D eigenvalue weighted by atomic mass is 10.2. The Labute approximate surface area is 117 Å². The monoisotopic (exact) mass is 329 g/mol. The maximum absolute atomic E-state index is 12.0. The van der Waals surface area contributed by atoms with Crippen molar-refractivity contribution in [3.05, 3.63) is 22.9 Å². The first-order valence-electron chi connectivity index (χ1n) is 5.56. The van der Waals surface area contributed by atoms with E-state index in [1.165, 1.54) is 6.20 Å². The number of hydrogen-bond donors (Lipinski definition) is 3. The molecule has 0 spiro atoms. The maximum Gasteiger partial charge on any atom is 0.326 e. The number of urea groups is 1. The topological polar surface area (TPSA) is 103 Å². The number of hydrogen-bond acceptors (Lipinski definition) is 4. The molecule has 19 heavy (non-hydrogen) atoms. The average Bonchev–Trinajstić information content (AvgIpc) is 2.71. The molecule has 2 amide bonds. The van der Waals surface area contributed by atoms with Crippen molar-refractivity contribution >= 4 is 33.6 Å². The van der Waals surface area contributed by atoms with Gasteiger partial charge in [-0.2, -0.15) is 0 Å². The van der Waals surface area contributed by atoms with Crippen LogP contribution in [0.3, 0.4) is 0 Å². The van der Waals surface area contributed by atoms with Gasteiger partial charge in [-0.05, 0) is 22.0 Å². The van der Waals surface area contributed by atoms with Crippen molar-refractivity contribution < 1.29 is 19.8 Å². The minimum Gasteiger partial charge on any atom is -0.480 e. The number of rotatable bonds is 2. The van der Waals surface area contributed by atoms with Crippen molar-refractivity contribution in [2.75, 3.05) is 11.9 Å². The van der Waals surface area contributed by atoms with Crippen LogP contribution in [0.2, 0.25) is 0 Å². The number of carbonyl (C=O) groups is 2. The second-order valence-corrected chi connectivity index (χ2v) is 5.13. The zero-order valence-corrected chi connectivity index (χ0v) is 11.4. The van der Waals surface area contributed by atoms with E-state index in [2.05, 4.69) is 26.2 Å². The Morgan fingerprint density at radius 1 is 1.47 bits per heavy atom. The normalized spacial score (nSPS) is 22.3. The van der Waals surface area contributed by atoms with Crippen molar-refractivity contribution in [1.82, 2.24) is 9.88 Å². The number of pyridine rings is 1. The van der Waals surface area contributed by atoms with Crippen molar-refractivity contribution in [2.45, 2.75) is 18.6 Å². The number of aliphatic hydroxyl groups is 1. The fourth-order valence-corrected chi connectivity index (χ4v) is 2.31. The summed E-state index contributed by atoms with van der Waals surface area (Å²) < 4.78 is 0.696. The summed E-state index contributed by atoms with van der Waals surface area (Å²) in [6.45, 7) is 0.00420. The number of anilines is 1. The van der Waals surface area contributed by atoms with Crippen LogP contribution in [0, 0.1) is 0 Å². The number of nitrogens with one attached hydrogen (secondary N) is 1. The predicted octanol–water partition coefficient (Wildman–Crippen LogP) is 0.896. The molecule has 1 unspecified atom stereocenters. The number of carbonyl (C=O) groups excluding carboxylic acids is 1. The van der Waals surface area contributed by atoms with Gasteiger partial charge in [0, 0.05) is 23.6 Å². The molecule has 2 atom stereocenters. The molecule has 1 aliphatic heterocycles. The van der Waals surface area contributed by atoms with E-state index in [0.29, 0.717) is 10.2 Å². The minimum absolute atomic E-state index is 0.00420. The second-order valence-electron chi connectivity index (χ2n) is 4.22. The zero-order chi connectivity index (χ0) is 14.0. The van der Waals surface area contributed by atoms with Crippen LogP contribution in [0.5, 0.6) is 0 Å². The van der Waals surface area contributed by atoms with E-state index >= 15 is 0 Å². The highest BCUT2D eigenvalue weighted by atomic mass is 79.9. The van der Waals surface area contributed by atoms with E-state index in [-0.39, 0.29) is 13.0 Å². The van der Waals surface area contributed by atoms with Crippen molar-refractivity contribution in [1.29, 1.82) is 0 Å².